The number of hydrogen-bond acceptors (Lipinski definition) is 32. The molecule has 1 aliphatic heterocycles. The number of pyridine rings is 3. The number of aliphatic hydroxyl groups is 4. The minimum absolute atomic E-state index is 0.000360. The summed E-state index contributed by atoms with van der Waals surface area (Å²) < 4.78 is 151. The Kier molecular flexibility index (Phi) is 32.6. The minimum Gasteiger partial charge on any atom is -0.432 e. The first-order valence-corrected chi connectivity index (χ1v) is 47.6. The van der Waals surface area contributed by atoms with Gasteiger partial charge in [-0.1, -0.05) is 0 Å². The second-order valence-corrected chi connectivity index (χ2v) is 37.0. The molecule has 16 rings (SSSR count). The lowest BCUT2D eigenvalue weighted by molar-refractivity contribution is -0.253. The van der Waals surface area contributed by atoms with Crippen LogP contribution < -0.4 is 16.0 Å². The molecule has 4 fully saturated rings. The summed E-state index contributed by atoms with van der Waals surface area (Å²) in [6.07, 6.45) is 15.0. The van der Waals surface area contributed by atoms with Crippen molar-refractivity contribution in [2.75, 3.05) is 42.4 Å². The van der Waals surface area contributed by atoms with Crippen molar-refractivity contribution >= 4 is 82.8 Å². The van der Waals surface area contributed by atoms with Crippen molar-refractivity contribution in [3.63, 3.8) is 0 Å². The molecule has 3 aliphatic carbocycles. The fourth-order valence-corrected chi connectivity index (χ4v) is 19.1. The predicted molar refractivity (Wildman–Crippen MR) is 477 cm³/mol. The zero-order valence-electron chi connectivity index (χ0n) is 74.5. The van der Waals surface area contributed by atoms with E-state index in [1.165, 1.54) is 73.8 Å². The first-order chi connectivity index (χ1) is 64.6. The van der Waals surface area contributed by atoms with E-state index in [4.69, 9.17) is 37.5 Å². The van der Waals surface area contributed by atoms with Gasteiger partial charge >= 0.3 is 14.0 Å². The standard InChI is InChI=1S/C29H33F2N7O7S.C29H36F2N7O6PS.C28H31F2N7O5S/c1-2-44-16-5-3-15(4-6-16)37-11-18(23(36-37)22-17(30)7-8-21(31)35-22)33-27(43)19-13-46-28(34-19)14-9-32-38(10-14)29-26(42)25(41)24(40)20(12-39)45-29;1-6-42-20-9-7-19(8-10-20)38-15-22(26(36-38)25-21(30)11-12-24(31)35-25)33-27(39)23-16-46-28(34-23)18-13-32-37(14-18)17(2)43-45(40,41)44-29(3,4)5;1-4-40-19-7-5-18(6-8-19)37-13-21(25(35-37)24-20(29)9-10-23(30)34-24)32-26(38)22-14-43-27(33-22)17-11-31-36(12-17)15-41-28(39)42-16(2)3/h7-11,13,15-16,20,24-26,29,39-42H,2-6,12H2,1H3,(H,33,43);11-17,19-20H,6-10H2,1-5H3,(H,33,39)(H,40,41);9-14,16,18-19H,4-8,15H2,1-3H3,(H,32,38). The van der Waals surface area contributed by atoms with Crippen molar-refractivity contribution in [3.05, 3.63) is 161 Å². The summed E-state index contributed by atoms with van der Waals surface area (Å²) in [7, 11) is -4.37. The molecule has 4 aliphatic rings. The van der Waals surface area contributed by atoms with E-state index in [9.17, 15) is 75.4 Å². The molecule has 12 aromatic rings. The fraction of sp³-hybridized carbons (Fsp3) is 0.465. The number of halogens is 6. The normalized spacial score (nSPS) is 21.0. The van der Waals surface area contributed by atoms with Crippen LogP contribution in [0.5, 0.6) is 0 Å². The molecule has 7 unspecified atom stereocenters. The molecule has 12 aromatic heterocycles. The molecule has 8 N–H and O–H groups in total. The number of hydrogen-bond donors (Lipinski definition) is 8. The number of phosphoric ester groups is 1. The van der Waals surface area contributed by atoms with Crippen molar-refractivity contribution in [3.8, 4) is 65.9 Å². The monoisotopic (exact) mass is 1960 g/mol. The molecule has 49 heteroatoms. The highest BCUT2D eigenvalue weighted by molar-refractivity contribution is 7.47. The third kappa shape index (κ3) is 25.1. The van der Waals surface area contributed by atoms with Crippen molar-refractivity contribution in [1.82, 2.24) is 88.6 Å². The van der Waals surface area contributed by atoms with E-state index in [0.29, 0.717) is 51.5 Å². The molecule has 39 nitrogen and oxygen atoms in total. The zero-order chi connectivity index (χ0) is 96.3. The molecule has 722 valence electrons. The van der Waals surface area contributed by atoms with Gasteiger partial charge in [-0.15, -0.1) is 34.0 Å². The molecule has 13 heterocycles. The van der Waals surface area contributed by atoms with Crippen LogP contribution in [0.4, 0.5) is 48.2 Å². The lowest BCUT2D eigenvalue weighted by Gasteiger charge is -2.39. The molecular weight excluding hydrogens is 1860 g/mol. The Morgan fingerprint density at radius 3 is 1.27 bits per heavy atom. The molecule has 0 bridgehead atoms. The van der Waals surface area contributed by atoms with Gasteiger partial charge in [0, 0.05) is 89.8 Å². The summed E-state index contributed by atoms with van der Waals surface area (Å²) in [5.74, 6) is -6.77. The summed E-state index contributed by atoms with van der Waals surface area (Å²) >= 11 is 3.52. The second kappa shape index (κ2) is 44.2. The maximum atomic E-state index is 14.8. The highest BCUT2D eigenvalue weighted by Crippen LogP contribution is 2.50. The molecule has 0 aromatic carbocycles. The maximum absolute atomic E-state index is 14.8. The summed E-state index contributed by atoms with van der Waals surface area (Å²) in [5.41, 5.74) is 0.423. The minimum atomic E-state index is -4.37. The Balaban J connectivity index is 0.000000162. The topological polar surface area (TPSA) is 481 Å². The number of anilines is 3. The molecular formula is C86H100F6N21O18PS3. The largest absolute Gasteiger partial charge is 0.510 e. The summed E-state index contributed by atoms with van der Waals surface area (Å²) in [6.45, 7) is 16.9. The average molecular weight is 1960 g/mol. The highest BCUT2D eigenvalue weighted by Gasteiger charge is 2.45. The van der Waals surface area contributed by atoms with Crippen LogP contribution in [0, 0.1) is 35.3 Å². The van der Waals surface area contributed by atoms with Crippen molar-refractivity contribution in [2.24, 2.45) is 0 Å². The van der Waals surface area contributed by atoms with Gasteiger partial charge in [-0.2, -0.15) is 43.8 Å². The van der Waals surface area contributed by atoms with Gasteiger partial charge in [0.05, 0.1) is 90.4 Å². The number of nitrogens with one attached hydrogen (secondary N) is 3. The molecule has 0 spiro atoms. The van der Waals surface area contributed by atoms with Gasteiger partial charge in [0.2, 0.25) is 17.8 Å². The first kappa shape index (κ1) is 99.6. The SMILES string of the molecule is CCOC1CCC(n2cc(NC(=O)c3csc(-c4cnn(C(C)OP(=O)(O)OC(C)(C)C)c4)n3)c(-c3nc(F)ccc3F)n2)CC1.CCOC1CCC(n2cc(NC(=O)c3csc(-c4cnn(C5OC(CO)C(O)C(O)C5O)c4)n3)c(-c3nc(F)ccc3F)n2)CC1.CCOC1CCC(n2cc(NC(=O)c3csc(-c4cnn(COC(=O)OC(C)C)c4)n3)c(-c3nc(F)ccc3F)n2)CC1. The second-order valence-electron chi connectivity index (χ2n) is 33.1. The van der Waals surface area contributed by atoms with Crippen LogP contribution >= 0.6 is 41.8 Å². The van der Waals surface area contributed by atoms with Crippen LogP contribution in [0.25, 0.3) is 65.9 Å². The van der Waals surface area contributed by atoms with E-state index in [-0.39, 0.29) is 118 Å². The number of amides is 3. The first-order valence-electron chi connectivity index (χ1n) is 43.5. The highest BCUT2D eigenvalue weighted by atomic mass is 32.1. The Morgan fingerprint density at radius 2 is 0.889 bits per heavy atom. The molecule has 135 heavy (non-hydrogen) atoms. The van der Waals surface area contributed by atoms with E-state index >= 15 is 0 Å². The van der Waals surface area contributed by atoms with Crippen LogP contribution in [-0.2, 0) is 48.8 Å². The number of thiazole rings is 3. The van der Waals surface area contributed by atoms with Gasteiger partial charge in [0.15, 0.2) is 36.6 Å². The van der Waals surface area contributed by atoms with Crippen molar-refractivity contribution < 1.29 is 113 Å². The smallest absolute Gasteiger partial charge is 0.432 e. The molecule has 3 amide bonds. The molecule has 3 saturated carbocycles. The summed E-state index contributed by atoms with van der Waals surface area (Å²) in [4.78, 5) is 86.0. The molecule has 1 saturated heterocycles. The lowest BCUT2D eigenvalue weighted by Crippen LogP contribution is -2.56. The lowest BCUT2D eigenvalue weighted by atomic mass is 9.93. The Labute approximate surface area is 780 Å². The Hall–Kier alpha value is -11.4. The van der Waals surface area contributed by atoms with Crippen LogP contribution in [0.1, 0.15) is 201 Å². The number of nitrogens with zero attached hydrogens (tertiary/aromatic N) is 18. The van der Waals surface area contributed by atoms with Gasteiger partial charge in [0.1, 0.15) is 90.7 Å². The average Bonchev–Trinajstić information content (AvgIpc) is 1.50. The third-order valence-corrected chi connectivity index (χ3v) is 25.9. The number of phosphoric acid groups is 1. The van der Waals surface area contributed by atoms with Crippen LogP contribution in [-0.4, -0.2) is 219 Å². The van der Waals surface area contributed by atoms with E-state index in [1.54, 1.807) is 90.4 Å². The zero-order valence-corrected chi connectivity index (χ0v) is 77.8. The van der Waals surface area contributed by atoms with Crippen LogP contribution in [0.15, 0.2) is 108 Å². The van der Waals surface area contributed by atoms with Gasteiger partial charge in [-0.05, 0) is 176 Å². The number of aliphatic hydroxyl groups excluding tert-OH is 4. The quantitative estimate of drug-likeness (QED) is 0.00897. The molecule has 7 atom stereocenters. The number of carbonyl (C=O) groups is 4. The van der Waals surface area contributed by atoms with Gasteiger partial charge in [0.25, 0.3) is 17.7 Å². The predicted octanol–water partition coefficient (Wildman–Crippen LogP) is 14.9. The van der Waals surface area contributed by atoms with Gasteiger partial charge in [-0.3, -0.25) is 37.5 Å². The number of carbonyl (C=O) groups excluding carboxylic acids is 4. The number of aromatic nitrogens is 18. The van der Waals surface area contributed by atoms with Crippen LogP contribution in [0.2, 0.25) is 0 Å². The number of rotatable bonds is 30. The van der Waals surface area contributed by atoms with E-state index in [0.717, 1.165) is 125 Å². The summed E-state index contributed by atoms with van der Waals surface area (Å²) in [5, 5.41) is 80.4. The molecule has 0 radical (unpaired) electrons. The van der Waals surface area contributed by atoms with E-state index in [2.05, 4.69) is 76.4 Å². The van der Waals surface area contributed by atoms with Gasteiger partial charge in [-0.25, -0.2) is 66.5 Å². The summed E-state index contributed by atoms with van der Waals surface area (Å²) in [6, 6.07) is 5.56. The fourth-order valence-electron chi connectivity index (χ4n) is 15.5. The van der Waals surface area contributed by atoms with Crippen molar-refractivity contribution in [1.29, 1.82) is 0 Å². The van der Waals surface area contributed by atoms with Gasteiger partial charge < -0.3 is 69.7 Å². The Morgan fingerprint density at radius 1 is 0.504 bits per heavy atom. The number of ether oxygens (including phenoxy) is 6. The van der Waals surface area contributed by atoms with Crippen LogP contribution in [0.3, 0.4) is 0 Å². The maximum Gasteiger partial charge on any atom is 0.510 e. The van der Waals surface area contributed by atoms with E-state index in [1.807, 2.05) is 20.8 Å². The van der Waals surface area contributed by atoms with E-state index < -0.39 is 116 Å². The van der Waals surface area contributed by atoms with Crippen molar-refractivity contribution in [2.45, 2.75) is 231 Å². The Bertz CT molecular complexity index is 6130. The third-order valence-electron chi connectivity index (χ3n) is 21.9.